The Balaban J connectivity index is 1.72. The van der Waals surface area contributed by atoms with Crippen molar-refractivity contribution < 1.29 is 4.79 Å². The molecule has 112 valence electrons. The highest BCUT2D eigenvalue weighted by Crippen LogP contribution is 2.39. The van der Waals surface area contributed by atoms with Gasteiger partial charge >= 0.3 is 0 Å². The van der Waals surface area contributed by atoms with Gasteiger partial charge in [-0.25, -0.2) is 0 Å². The van der Waals surface area contributed by atoms with Gasteiger partial charge in [0.1, 0.15) is 0 Å². The van der Waals surface area contributed by atoms with E-state index in [2.05, 4.69) is 60.4 Å². The lowest BCUT2D eigenvalue weighted by atomic mass is 9.87. The second-order valence-electron chi connectivity index (χ2n) is 6.47. The predicted molar refractivity (Wildman–Crippen MR) is 88.4 cm³/mol. The van der Waals surface area contributed by atoms with Gasteiger partial charge in [0.25, 0.3) is 0 Å². The third-order valence-corrected chi connectivity index (χ3v) is 5.03. The Kier molecular flexibility index (Phi) is 3.25. The van der Waals surface area contributed by atoms with Gasteiger partial charge in [-0.2, -0.15) is 0 Å². The van der Waals surface area contributed by atoms with Gasteiger partial charge in [0.05, 0.1) is 6.04 Å². The Hall–Kier alpha value is -2.09. The molecule has 1 amide bonds. The summed E-state index contributed by atoms with van der Waals surface area (Å²) in [5.74, 6) is 0.671. The number of carbonyl (C=O) groups excluding carboxylic acids is 1. The van der Waals surface area contributed by atoms with Crippen molar-refractivity contribution in [2.75, 3.05) is 6.54 Å². The van der Waals surface area contributed by atoms with Crippen LogP contribution in [0.5, 0.6) is 0 Å². The van der Waals surface area contributed by atoms with E-state index in [0.717, 1.165) is 25.8 Å². The minimum Gasteiger partial charge on any atom is -0.335 e. The Morgan fingerprint density at radius 2 is 1.82 bits per heavy atom. The molecule has 0 aromatic heterocycles. The maximum atomic E-state index is 12.5. The monoisotopic (exact) mass is 291 g/mol. The molecule has 22 heavy (non-hydrogen) atoms. The molecule has 1 fully saturated rings. The molecule has 1 saturated carbocycles. The van der Waals surface area contributed by atoms with Crippen molar-refractivity contribution in [3.8, 4) is 11.1 Å². The number of carbonyl (C=O) groups is 1. The average molecular weight is 291 g/mol. The standard InChI is InChI=1S/C20H21NO/c1-14-17-8-5-9-18(15-6-3-2-4-7-15)19(17)12-13-21(14)20(22)16-10-11-16/h2-9,14,16H,10-13H2,1H3/t14-/m1/s1. The topological polar surface area (TPSA) is 20.3 Å². The molecule has 0 N–H and O–H groups in total. The molecule has 0 radical (unpaired) electrons. The molecule has 0 saturated heterocycles. The Morgan fingerprint density at radius 1 is 1.05 bits per heavy atom. The second-order valence-corrected chi connectivity index (χ2v) is 6.47. The van der Waals surface area contributed by atoms with E-state index >= 15 is 0 Å². The fraction of sp³-hybridized carbons (Fsp3) is 0.350. The van der Waals surface area contributed by atoms with Gasteiger partial charge < -0.3 is 4.90 Å². The summed E-state index contributed by atoms with van der Waals surface area (Å²) >= 11 is 0. The molecule has 4 rings (SSSR count). The molecule has 2 aromatic carbocycles. The third-order valence-electron chi connectivity index (χ3n) is 5.03. The second kappa shape index (κ2) is 5.28. The fourth-order valence-corrected chi connectivity index (χ4v) is 3.62. The van der Waals surface area contributed by atoms with Crippen LogP contribution in [0.15, 0.2) is 48.5 Å². The van der Waals surface area contributed by atoms with E-state index in [9.17, 15) is 4.79 Å². The number of amides is 1. The van der Waals surface area contributed by atoms with Crippen LogP contribution in [0.2, 0.25) is 0 Å². The minimum atomic E-state index is 0.195. The third kappa shape index (κ3) is 2.23. The highest BCUT2D eigenvalue weighted by Gasteiger charge is 2.37. The predicted octanol–water partition coefficient (Wildman–Crippen LogP) is 4.21. The maximum absolute atomic E-state index is 12.5. The van der Waals surface area contributed by atoms with E-state index in [1.807, 2.05) is 0 Å². The average Bonchev–Trinajstić information content (AvgIpc) is 3.40. The number of hydrogen-bond acceptors (Lipinski definition) is 1. The van der Waals surface area contributed by atoms with E-state index < -0.39 is 0 Å². The van der Waals surface area contributed by atoms with Crippen LogP contribution in [0.4, 0.5) is 0 Å². The van der Waals surface area contributed by atoms with Crippen LogP contribution >= 0.6 is 0 Å². The van der Waals surface area contributed by atoms with Gasteiger partial charge in [0, 0.05) is 12.5 Å². The van der Waals surface area contributed by atoms with E-state index in [0.29, 0.717) is 11.8 Å². The SMILES string of the molecule is C[C@@H]1c2cccc(-c3ccccc3)c2CCN1C(=O)C1CC1. The molecule has 1 aliphatic heterocycles. The summed E-state index contributed by atoms with van der Waals surface area (Å²) in [5, 5.41) is 0. The first-order valence-electron chi connectivity index (χ1n) is 8.23. The van der Waals surface area contributed by atoms with Gasteiger partial charge in [-0.1, -0.05) is 48.5 Å². The van der Waals surface area contributed by atoms with Crippen molar-refractivity contribution in [1.82, 2.24) is 4.90 Å². The lowest BCUT2D eigenvalue weighted by Gasteiger charge is -2.36. The van der Waals surface area contributed by atoms with Crippen LogP contribution in [0.3, 0.4) is 0 Å². The van der Waals surface area contributed by atoms with Gasteiger partial charge in [-0.15, -0.1) is 0 Å². The minimum absolute atomic E-state index is 0.195. The van der Waals surface area contributed by atoms with Crippen molar-refractivity contribution >= 4 is 5.91 Å². The van der Waals surface area contributed by atoms with Crippen LogP contribution < -0.4 is 0 Å². The van der Waals surface area contributed by atoms with Crippen LogP contribution in [0.25, 0.3) is 11.1 Å². The molecule has 2 nitrogen and oxygen atoms in total. The molecular weight excluding hydrogens is 270 g/mol. The molecule has 1 atom stereocenters. The van der Waals surface area contributed by atoms with Crippen LogP contribution in [-0.2, 0) is 11.2 Å². The van der Waals surface area contributed by atoms with Crippen LogP contribution in [0, 0.1) is 5.92 Å². The first kappa shape index (κ1) is 13.6. The summed E-state index contributed by atoms with van der Waals surface area (Å²) in [6, 6.07) is 17.3. The summed E-state index contributed by atoms with van der Waals surface area (Å²) in [4.78, 5) is 14.6. The quantitative estimate of drug-likeness (QED) is 0.811. The van der Waals surface area contributed by atoms with Crippen molar-refractivity contribution in [3.05, 3.63) is 59.7 Å². The fourth-order valence-electron chi connectivity index (χ4n) is 3.62. The zero-order valence-corrected chi connectivity index (χ0v) is 13.0. The van der Waals surface area contributed by atoms with Gasteiger partial charge in [-0.05, 0) is 48.4 Å². The Bertz CT molecular complexity index is 703. The van der Waals surface area contributed by atoms with E-state index in [1.165, 1.54) is 22.3 Å². The van der Waals surface area contributed by atoms with Gasteiger partial charge in [0.2, 0.25) is 5.91 Å². The summed E-state index contributed by atoms with van der Waals surface area (Å²) < 4.78 is 0. The lowest BCUT2D eigenvalue weighted by Crippen LogP contribution is -2.39. The molecule has 1 heterocycles. The van der Waals surface area contributed by atoms with Crippen LogP contribution in [-0.4, -0.2) is 17.4 Å². The number of benzene rings is 2. The highest BCUT2D eigenvalue weighted by atomic mass is 16.2. The zero-order valence-electron chi connectivity index (χ0n) is 13.0. The van der Waals surface area contributed by atoms with E-state index in [4.69, 9.17) is 0 Å². The molecule has 0 spiro atoms. The molecular formula is C20H21NO. The number of hydrogen-bond donors (Lipinski definition) is 0. The summed E-state index contributed by atoms with van der Waals surface area (Å²) in [7, 11) is 0. The number of rotatable bonds is 2. The van der Waals surface area contributed by atoms with Crippen molar-refractivity contribution in [1.29, 1.82) is 0 Å². The summed E-state index contributed by atoms with van der Waals surface area (Å²) in [6.07, 6.45) is 3.13. The largest absolute Gasteiger partial charge is 0.335 e. The molecule has 2 heteroatoms. The molecule has 1 aliphatic carbocycles. The number of nitrogens with zero attached hydrogens (tertiary/aromatic N) is 1. The van der Waals surface area contributed by atoms with E-state index in [1.54, 1.807) is 0 Å². The molecule has 0 unspecified atom stereocenters. The molecule has 0 bridgehead atoms. The molecule has 2 aromatic rings. The van der Waals surface area contributed by atoms with Gasteiger partial charge in [0.15, 0.2) is 0 Å². The van der Waals surface area contributed by atoms with E-state index in [-0.39, 0.29) is 6.04 Å². The first-order chi connectivity index (χ1) is 10.8. The normalized spacial score (nSPS) is 20.6. The Morgan fingerprint density at radius 3 is 2.55 bits per heavy atom. The van der Waals surface area contributed by atoms with Crippen molar-refractivity contribution in [3.63, 3.8) is 0 Å². The van der Waals surface area contributed by atoms with Gasteiger partial charge in [-0.3, -0.25) is 4.79 Å². The van der Waals surface area contributed by atoms with Crippen molar-refractivity contribution in [2.45, 2.75) is 32.2 Å². The lowest BCUT2D eigenvalue weighted by molar-refractivity contribution is -0.135. The smallest absolute Gasteiger partial charge is 0.226 e. The Labute approximate surface area is 131 Å². The maximum Gasteiger partial charge on any atom is 0.226 e. The molecule has 2 aliphatic rings. The number of fused-ring (bicyclic) bond motifs is 1. The summed E-state index contributed by atoms with van der Waals surface area (Å²) in [6.45, 7) is 3.03. The summed E-state index contributed by atoms with van der Waals surface area (Å²) in [5.41, 5.74) is 5.33. The van der Waals surface area contributed by atoms with Crippen molar-refractivity contribution in [2.24, 2.45) is 5.92 Å². The highest BCUT2D eigenvalue weighted by molar-refractivity contribution is 5.82. The first-order valence-corrected chi connectivity index (χ1v) is 8.23. The zero-order chi connectivity index (χ0) is 15.1. The van der Waals surface area contributed by atoms with Crippen LogP contribution in [0.1, 0.15) is 36.9 Å².